The van der Waals surface area contributed by atoms with Gasteiger partial charge in [-0.2, -0.15) is 0 Å². The quantitative estimate of drug-likeness (QED) is 0.177. The number of fused-ring (bicyclic) bond motifs is 10. The van der Waals surface area contributed by atoms with Gasteiger partial charge in [0.25, 0.3) is 0 Å². The zero-order valence-corrected chi connectivity index (χ0v) is 28.4. The molecule has 51 heavy (non-hydrogen) atoms. The van der Waals surface area contributed by atoms with Crippen molar-refractivity contribution in [2.24, 2.45) is 0 Å². The summed E-state index contributed by atoms with van der Waals surface area (Å²) in [5.74, 6) is 0. The fraction of sp³-hybridized carbons (Fsp3) is 0. The lowest BCUT2D eigenvalue weighted by Crippen LogP contribution is -1.95. The molecule has 0 aliphatic heterocycles. The van der Waals surface area contributed by atoms with Crippen molar-refractivity contribution in [2.45, 2.75) is 0 Å². The second-order valence-corrected chi connectivity index (χ2v) is 14.4. The van der Waals surface area contributed by atoms with Crippen LogP contribution in [0.1, 0.15) is 0 Å². The fourth-order valence-corrected chi connectivity index (χ4v) is 9.50. The molecule has 0 atom stereocenters. The van der Waals surface area contributed by atoms with Crippen LogP contribution in [-0.2, 0) is 0 Å². The largest absolute Gasteiger partial charge is 0.309 e. The first-order valence-electron chi connectivity index (χ1n) is 17.4. The Morgan fingerprint density at radius 1 is 0.353 bits per heavy atom. The summed E-state index contributed by atoms with van der Waals surface area (Å²) in [5, 5.41) is 7.69. The molecule has 3 heterocycles. The summed E-state index contributed by atoms with van der Waals surface area (Å²) in [6.07, 6.45) is 0. The molecule has 0 aliphatic carbocycles. The van der Waals surface area contributed by atoms with Gasteiger partial charge < -0.3 is 9.13 Å². The maximum Gasteiger partial charge on any atom is 0.0641 e. The first-order valence-corrected chi connectivity index (χ1v) is 18.3. The second kappa shape index (κ2) is 11.0. The Morgan fingerprint density at radius 3 is 1.84 bits per heavy atom. The average molecular weight is 667 g/mol. The Morgan fingerprint density at radius 2 is 1.00 bits per heavy atom. The first kappa shape index (κ1) is 28.4. The van der Waals surface area contributed by atoms with Crippen LogP contribution >= 0.6 is 11.3 Å². The topological polar surface area (TPSA) is 9.86 Å². The number of rotatable bonds is 4. The Kier molecular flexibility index (Phi) is 6.16. The fourth-order valence-electron chi connectivity index (χ4n) is 8.26. The van der Waals surface area contributed by atoms with E-state index >= 15 is 0 Å². The van der Waals surface area contributed by atoms with Crippen LogP contribution in [0.5, 0.6) is 0 Å². The number of thiophene rings is 1. The van der Waals surface area contributed by atoms with Gasteiger partial charge >= 0.3 is 0 Å². The van der Waals surface area contributed by atoms with Gasteiger partial charge in [-0.15, -0.1) is 11.3 Å². The van der Waals surface area contributed by atoms with Gasteiger partial charge in [-0.1, -0.05) is 127 Å². The lowest BCUT2D eigenvalue weighted by molar-refractivity contribution is 1.17. The van der Waals surface area contributed by atoms with Crippen molar-refractivity contribution in [3.8, 4) is 33.6 Å². The minimum Gasteiger partial charge on any atom is -0.309 e. The van der Waals surface area contributed by atoms with Crippen molar-refractivity contribution in [2.75, 3.05) is 0 Å². The molecule has 0 N–H and O–H groups in total. The van der Waals surface area contributed by atoms with Crippen molar-refractivity contribution in [1.82, 2.24) is 9.13 Å². The maximum absolute atomic E-state index is 2.47. The average Bonchev–Trinajstić information content (AvgIpc) is 3.86. The monoisotopic (exact) mass is 666 g/mol. The number of para-hydroxylation sites is 2. The van der Waals surface area contributed by atoms with Crippen LogP contribution in [0.3, 0.4) is 0 Å². The van der Waals surface area contributed by atoms with Gasteiger partial charge in [0.15, 0.2) is 0 Å². The molecule has 2 nitrogen and oxygen atoms in total. The molecule has 0 amide bonds. The van der Waals surface area contributed by atoms with Crippen molar-refractivity contribution in [3.05, 3.63) is 182 Å². The van der Waals surface area contributed by atoms with Crippen LogP contribution in [-0.4, -0.2) is 9.13 Å². The molecule has 0 radical (unpaired) electrons. The zero-order valence-electron chi connectivity index (χ0n) is 27.6. The molecule has 0 unspecified atom stereocenters. The predicted octanol–water partition coefficient (Wildman–Crippen LogP) is 13.6. The first-order chi connectivity index (χ1) is 25.3. The summed E-state index contributed by atoms with van der Waals surface area (Å²) in [6.45, 7) is 0. The van der Waals surface area contributed by atoms with E-state index in [4.69, 9.17) is 0 Å². The molecule has 0 bridgehead atoms. The van der Waals surface area contributed by atoms with Crippen LogP contribution in [0.2, 0.25) is 0 Å². The van der Waals surface area contributed by atoms with Crippen molar-refractivity contribution >= 4 is 75.1 Å². The van der Waals surface area contributed by atoms with E-state index in [0.717, 1.165) is 11.4 Å². The Balaban J connectivity index is 1.16. The molecule has 11 aromatic rings. The van der Waals surface area contributed by atoms with Gasteiger partial charge in [-0.3, -0.25) is 0 Å². The van der Waals surface area contributed by atoms with E-state index in [1.54, 1.807) is 0 Å². The van der Waals surface area contributed by atoms with Crippen molar-refractivity contribution in [1.29, 1.82) is 0 Å². The highest BCUT2D eigenvalue weighted by molar-refractivity contribution is 7.26. The highest BCUT2D eigenvalue weighted by Crippen LogP contribution is 2.44. The van der Waals surface area contributed by atoms with Crippen LogP contribution in [0.15, 0.2) is 182 Å². The van der Waals surface area contributed by atoms with Gasteiger partial charge in [0.05, 0.1) is 22.1 Å². The van der Waals surface area contributed by atoms with E-state index < -0.39 is 0 Å². The van der Waals surface area contributed by atoms with E-state index in [9.17, 15) is 0 Å². The minimum atomic E-state index is 1.15. The second-order valence-electron chi connectivity index (χ2n) is 13.3. The van der Waals surface area contributed by atoms with E-state index in [0.29, 0.717) is 0 Å². The summed E-state index contributed by atoms with van der Waals surface area (Å²) in [6, 6.07) is 66.5. The zero-order chi connectivity index (χ0) is 33.5. The van der Waals surface area contributed by atoms with Gasteiger partial charge in [-0.25, -0.2) is 0 Å². The summed E-state index contributed by atoms with van der Waals surface area (Å²) in [4.78, 5) is 0. The van der Waals surface area contributed by atoms with Crippen molar-refractivity contribution < 1.29 is 0 Å². The standard InChI is InChI=1S/C48H30N2S/c1-3-12-31(13-4-1)33-24-28-43-41(30-33)38-27-29-44-46(47(38)50(43)34-14-5-2-6-15-34)40-17-7-9-20-42(40)49(44)35-25-22-32(23-26-35)36-18-11-19-39-37-16-8-10-21-45(37)51-48(36)39/h1-30H. The minimum absolute atomic E-state index is 1.15. The molecule has 0 saturated heterocycles. The third-order valence-corrected chi connectivity index (χ3v) is 11.7. The lowest BCUT2D eigenvalue weighted by atomic mass is 10.0. The van der Waals surface area contributed by atoms with Crippen LogP contribution < -0.4 is 0 Å². The highest BCUT2D eigenvalue weighted by Gasteiger charge is 2.21. The van der Waals surface area contributed by atoms with Crippen LogP contribution in [0.25, 0.3) is 97.4 Å². The third-order valence-electron chi connectivity index (χ3n) is 10.5. The van der Waals surface area contributed by atoms with E-state index in [2.05, 4.69) is 191 Å². The molecular weight excluding hydrogens is 637 g/mol. The summed E-state index contributed by atoms with van der Waals surface area (Å²) >= 11 is 1.88. The normalized spacial score (nSPS) is 11.9. The molecule has 0 fully saturated rings. The van der Waals surface area contributed by atoms with Gasteiger partial charge in [0.2, 0.25) is 0 Å². The molecule has 11 rings (SSSR count). The number of hydrogen-bond acceptors (Lipinski definition) is 1. The summed E-state index contributed by atoms with van der Waals surface area (Å²) < 4.78 is 7.58. The molecule has 0 saturated carbocycles. The third kappa shape index (κ3) is 4.22. The number of aromatic nitrogens is 2. The number of benzene rings is 8. The Labute approximate surface area is 298 Å². The van der Waals surface area contributed by atoms with Gasteiger partial charge in [-0.05, 0) is 76.9 Å². The molecule has 238 valence electrons. The van der Waals surface area contributed by atoms with Crippen LogP contribution in [0.4, 0.5) is 0 Å². The van der Waals surface area contributed by atoms with Gasteiger partial charge in [0, 0.05) is 53.1 Å². The highest BCUT2D eigenvalue weighted by atomic mass is 32.1. The number of hydrogen-bond donors (Lipinski definition) is 0. The van der Waals surface area contributed by atoms with E-state index in [1.165, 1.54) is 86.0 Å². The molecule has 3 aromatic heterocycles. The molecule has 0 aliphatic rings. The lowest BCUT2D eigenvalue weighted by Gasteiger charge is -2.11. The molecule has 0 spiro atoms. The SMILES string of the molecule is c1ccc(-c2ccc3c(c2)c2ccc4c(c5ccccc5n4-c4ccc(-c5cccc6c5sc5ccccc56)cc4)c2n3-c2ccccc2)cc1. The summed E-state index contributed by atoms with van der Waals surface area (Å²) in [7, 11) is 0. The summed E-state index contributed by atoms with van der Waals surface area (Å²) in [5.41, 5.74) is 12.1. The Bertz CT molecular complexity index is 3110. The van der Waals surface area contributed by atoms with Crippen LogP contribution in [0, 0.1) is 0 Å². The molecular formula is C48H30N2S. The van der Waals surface area contributed by atoms with Gasteiger partial charge in [0.1, 0.15) is 0 Å². The Hall–Kier alpha value is -6.42. The smallest absolute Gasteiger partial charge is 0.0641 e. The predicted molar refractivity (Wildman–Crippen MR) is 219 cm³/mol. The van der Waals surface area contributed by atoms with E-state index in [1.807, 2.05) is 11.3 Å². The number of nitrogens with zero attached hydrogens (tertiary/aromatic N) is 2. The maximum atomic E-state index is 2.47. The van der Waals surface area contributed by atoms with Crippen molar-refractivity contribution in [3.63, 3.8) is 0 Å². The molecule has 8 aromatic carbocycles. The van der Waals surface area contributed by atoms with E-state index in [-0.39, 0.29) is 0 Å². The molecule has 3 heteroatoms.